The topological polar surface area (TPSA) is 336 Å². The van der Waals surface area contributed by atoms with Crippen molar-refractivity contribution in [3.05, 3.63) is 310 Å². The Morgan fingerprint density at radius 1 is 0.407 bits per heavy atom. The van der Waals surface area contributed by atoms with Gasteiger partial charge < -0.3 is 91.6 Å². The van der Waals surface area contributed by atoms with Gasteiger partial charge in [0.15, 0.2) is 11.3 Å². The molecule has 135 heavy (non-hydrogen) atoms. The molecule has 0 spiro atoms. The molecule has 1 atom stereocenters. The summed E-state index contributed by atoms with van der Waals surface area (Å²) in [7, 11) is 4.01. The van der Waals surface area contributed by atoms with Crippen LogP contribution in [-0.4, -0.2) is 172 Å². The highest BCUT2D eigenvalue weighted by Crippen LogP contribution is 2.35. The minimum absolute atomic E-state index is 0.194. The Kier molecular flexibility index (Phi) is 24.5. The molecule has 34 heteroatoms. The van der Waals surface area contributed by atoms with E-state index >= 15 is 0 Å². The molecule has 0 radical (unpaired) electrons. The first kappa shape index (κ1) is 87.9. The number of rotatable bonds is 11. The summed E-state index contributed by atoms with van der Waals surface area (Å²) in [6, 6.07) is 57.9. The molecule has 4 fully saturated rings. The number of aryl methyl sites for hydroxylation is 1. The first-order chi connectivity index (χ1) is 65.5. The fourth-order valence-electron chi connectivity index (χ4n) is 17.4. The van der Waals surface area contributed by atoms with Crippen molar-refractivity contribution in [3.63, 3.8) is 0 Å². The van der Waals surface area contributed by atoms with Gasteiger partial charge in [-0.05, 0) is 173 Å². The molecule has 16 heterocycles. The molecule has 20 aromatic rings. The maximum Gasteiger partial charge on any atom is 0.347 e. The van der Waals surface area contributed by atoms with E-state index in [1.165, 1.54) is 36.4 Å². The van der Waals surface area contributed by atoms with Gasteiger partial charge >= 0.3 is 28.1 Å². The third-order valence-electron chi connectivity index (χ3n) is 24.2. The average molecular weight is 1860 g/mol. The summed E-state index contributed by atoms with van der Waals surface area (Å²) < 4.78 is 74.3. The van der Waals surface area contributed by atoms with Gasteiger partial charge in [-0.2, -0.15) is 0 Å². The van der Waals surface area contributed by atoms with Crippen molar-refractivity contribution in [2.75, 3.05) is 132 Å². The summed E-state index contributed by atoms with van der Waals surface area (Å²) in [5.74, 6) is 0.222. The Balaban J connectivity index is 0.000000105. The Hall–Kier alpha value is -15.0. The summed E-state index contributed by atoms with van der Waals surface area (Å²) in [6.45, 7) is 18.0. The second kappa shape index (κ2) is 37.6. The summed E-state index contributed by atoms with van der Waals surface area (Å²) in [6.07, 6.45) is 6.91. The van der Waals surface area contributed by atoms with Crippen LogP contribution in [0, 0.1) is 24.4 Å². The van der Waals surface area contributed by atoms with Gasteiger partial charge in [-0.15, -0.1) is 0 Å². The molecule has 8 aromatic carbocycles. The Morgan fingerprint density at radius 3 is 1.35 bits per heavy atom. The van der Waals surface area contributed by atoms with Gasteiger partial charge in [0.2, 0.25) is 0 Å². The van der Waals surface area contributed by atoms with E-state index in [0.717, 1.165) is 165 Å². The van der Waals surface area contributed by atoms with Crippen LogP contribution < -0.4 is 69.0 Å². The lowest BCUT2D eigenvalue weighted by molar-refractivity contribution is 0.402. The van der Waals surface area contributed by atoms with E-state index in [1.54, 1.807) is 82.1 Å². The number of para-hydroxylation sites is 3. The van der Waals surface area contributed by atoms with Crippen LogP contribution in [-0.2, 0) is 6.54 Å². The SMILES string of the molecule is CN(C)Cc1ccc2cc(-c3nc4ccccc4[nH]3)c(=O)oc2c1.C[C@H]1CN(c2cc(F)c3cc(-c4cn5cccc(Cl)c5n4)c(=O)oc3c2)CCN1.Cc1cccc2[nH]c(-c3cc4ccc(N5CCNCC5)cc4oc3=O)nc12.O=c1oc2cc(N3CCNCC3)cc(F)c2cc1-c1cn2cccc(Cl)c2n1.O=c1oc2cc(N3CCNCC3)ccc2cc1-c1nc2ccc(F)cc2[nH]1. The van der Waals surface area contributed by atoms with Gasteiger partial charge in [0.1, 0.15) is 79.5 Å². The van der Waals surface area contributed by atoms with Crippen LogP contribution in [0.3, 0.4) is 0 Å². The number of hydrogen-bond donors (Lipinski definition) is 7. The Morgan fingerprint density at radius 2 is 0.844 bits per heavy atom. The van der Waals surface area contributed by atoms with Crippen molar-refractivity contribution in [3.8, 4) is 56.7 Å². The second-order valence-corrected chi connectivity index (χ2v) is 34.6. The average Bonchev–Trinajstić information content (AvgIpc) is 1.58. The van der Waals surface area contributed by atoms with Gasteiger partial charge in [-0.1, -0.05) is 59.6 Å². The first-order valence-electron chi connectivity index (χ1n) is 44.2. The molecule has 24 rings (SSSR count). The number of imidazole rings is 5. The zero-order chi connectivity index (χ0) is 92.8. The second-order valence-electron chi connectivity index (χ2n) is 33.8. The van der Waals surface area contributed by atoms with Gasteiger partial charge in [0.25, 0.3) is 0 Å². The molecule has 0 bridgehead atoms. The molecule has 29 nitrogen and oxygen atoms in total. The van der Waals surface area contributed by atoms with Gasteiger partial charge in [-0.3, -0.25) is 0 Å². The van der Waals surface area contributed by atoms with Crippen molar-refractivity contribution in [2.45, 2.75) is 26.4 Å². The van der Waals surface area contributed by atoms with Crippen molar-refractivity contribution in [1.29, 1.82) is 0 Å². The lowest BCUT2D eigenvalue weighted by Gasteiger charge is -2.33. The number of aromatic nitrogens is 10. The number of halogens is 5. The van der Waals surface area contributed by atoms with Crippen LogP contribution in [0.15, 0.2) is 265 Å². The van der Waals surface area contributed by atoms with E-state index in [9.17, 15) is 37.1 Å². The molecule has 0 aliphatic carbocycles. The van der Waals surface area contributed by atoms with Crippen molar-refractivity contribution >= 4 is 145 Å². The molecule has 682 valence electrons. The van der Waals surface area contributed by atoms with Crippen LogP contribution in [0.5, 0.6) is 0 Å². The highest BCUT2D eigenvalue weighted by molar-refractivity contribution is 6.34. The van der Waals surface area contributed by atoms with Crippen LogP contribution in [0.1, 0.15) is 18.1 Å². The maximum absolute atomic E-state index is 14.9. The van der Waals surface area contributed by atoms with Crippen LogP contribution in [0.2, 0.25) is 10.0 Å². The molecule has 4 saturated heterocycles. The number of fused-ring (bicyclic) bond motifs is 10. The largest absolute Gasteiger partial charge is 0.422 e. The Bertz CT molecular complexity index is 8260. The maximum atomic E-state index is 14.9. The van der Waals surface area contributed by atoms with E-state index in [0.29, 0.717) is 112 Å². The monoisotopic (exact) mass is 1850 g/mol. The number of pyridine rings is 2. The highest BCUT2D eigenvalue weighted by Gasteiger charge is 2.26. The minimum atomic E-state index is -0.567. The van der Waals surface area contributed by atoms with Crippen LogP contribution >= 0.6 is 23.2 Å². The zero-order valence-electron chi connectivity index (χ0n) is 73.5. The predicted molar refractivity (Wildman–Crippen MR) is 523 cm³/mol. The van der Waals surface area contributed by atoms with E-state index in [-0.39, 0.29) is 50.1 Å². The summed E-state index contributed by atoms with van der Waals surface area (Å²) in [5, 5.41) is 17.3. The molecule has 0 amide bonds. The third kappa shape index (κ3) is 18.6. The van der Waals surface area contributed by atoms with Gasteiger partial charge in [0.05, 0.1) is 76.4 Å². The number of piperazine rings is 4. The van der Waals surface area contributed by atoms with Crippen LogP contribution in [0.4, 0.5) is 35.9 Å². The number of benzene rings is 8. The van der Waals surface area contributed by atoms with Crippen LogP contribution in [0.25, 0.3) is 156 Å². The number of H-pyrrole nitrogens is 3. The minimum Gasteiger partial charge on any atom is -0.422 e. The molecular formula is C101H88Cl2F3N19O10. The zero-order valence-corrected chi connectivity index (χ0v) is 75.0. The predicted octanol–water partition coefficient (Wildman–Crippen LogP) is 16.3. The van der Waals surface area contributed by atoms with E-state index in [1.807, 2.05) is 124 Å². The molecule has 12 aromatic heterocycles. The van der Waals surface area contributed by atoms with E-state index in [4.69, 9.17) is 45.3 Å². The number of aromatic amines is 3. The Labute approximate surface area is 775 Å². The fraction of sp³-hybridized carbons (Fsp3) is 0.208. The summed E-state index contributed by atoms with van der Waals surface area (Å²) in [5.41, 5.74) is 13.6. The summed E-state index contributed by atoms with van der Waals surface area (Å²) in [4.78, 5) is 105. The van der Waals surface area contributed by atoms with Gasteiger partial charge in [0, 0.05) is 199 Å². The van der Waals surface area contributed by atoms with Crippen molar-refractivity contribution in [1.82, 2.24) is 74.8 Å². The van der Waals surface area contributed by atoms with E-state index in [2.05, 4.69) is 98.6 Å². The number of nitrogens with one attached hydrogen (secondary N) is 7. The number of nitrogens with zero attached hydrogens (tertiary/aromatic N) is 12. The first-order valence-corrected chi connectivity index (χ1v) is 44.9. The lowest BCUT2D eigenvalue weighted by atomic mass is 10.1. The molecule has 7 N–H and O–H groups in total. The van der Waals surface area contributed by atoms with Crippen molar-refractivity contribution < 1.29 is 35.3 Å². The standard InChI is InChI=1S/C21H18ClFN4O2.C21H20N4O2.C20H16ClFN4O2.C20H17FN4O2.C19H17N3O2/c1-12-10-26(6-4-24-12)13-7-17(23)14-9-15(21(28)29-19(14)8-13)18-11-27-5-2-3-16(22)20(27)25-18;1-13-3-2-4-17-19(13)24-20(23-17)16-11-14-5-6-15(12-18(14)27-21(16)26)25-9-7-22-8-10-25;21-15-2-1-5-26-11-17(24-19(15)26)14-10-13-16(22)8-12(9-18(13)28-20(14)27)25-6-3-23-4-7-25;21-13-2-4-16-17(10-13)24-19(23-16)15-9-12-1-3-14(11-18(12)27-20(15)26)25-7-5-22-6-8-25;1-22(2)11-12-7-8-13-10-14(19(23)24-17(13)9-12)18-20-15-5-3-4-6-16(15)21-18/h2-3,5,7-9,11-12,24H,4,6,10H2,1H3;2-6,11-12,22H,7-10H2,1H3,(H,23,24);1-2,5,8-11,23H,3-4,6-7H2;1-4,9-11,22H,5-8H2,(H,23,24);3-10H,11H2,1-2H3,(H,20,21)/t12-;;;;/m0..../s1. The number of hydrogen-bond acceptors (Lipinski definition) is 24. The lowest BCUT2D eigenvalue weighted by Crippen LogP contribution is -2.49. The van der Waals surface area contributed by atoms with E-state index < -0.39 is 28.5 Å². The quantitative estimate of drug-likeness (QED) is 0.0592. The highest BCUT2D eigenvalue weighted by atomic mass is 35.5. The smallest absolute Gasteiger partial charge is 0.347 e. The normalized spacial score (nSPS) is 14.8. The molecule has 4 aliphatic heterocycles. The van der Waals surface area contributed by atoms with Crippen molar-refractivity contribution in [2.24, 2.45) is 0 Å². The third-order valence-corrected chi connectivity index (χ3v) is 24.8. The number of anilines is 4. The molecular weight excluding hydrogens is 1770 g/mol. The van der Waals surface area contributed by atoms with Gasteiger partial charge in [-0.25, -0.2) is 62.1 Å². The fourth-order valence-corrected chi connectivity index (χ4v) is 17.8. The summed E-state index contributed by atoms with van der Waals surface area (Å²) >= 11 is 12.3. The molecule has 4 aliphatic rings. The molecule has 0 unspecified atom stereocenters. The molecule has 0 saturated carbocycles.